The van der Waals surface area contributed by atoms with Crippen LogP contribution in [0.5, 0.6) is 0 Å². The molecule has 0 amide bonds. The zero-order valence-corrected chi connectivity index (χ0v) is 11.9. The molecule has 1 aromatic heterocycles. The maximum atomic E-state index is 11.4. The van der Waals surface area contributed by atoms with Gasteiger partial charge in [0.05, 0.1) is 6.54 Å². The Morgan fingerprint density at radius 3 is 3.11 bits per heavy atom. The average molecular weight is 284 g/mol. The molecule has 1 aliphatic heterocycles. The summed E-state index contributed by atoms with van der Waals surface area (Å²) in [5.41, 5.74) is 0.179. The van der Waals surface area contributed by atoms with Crippen LogP contribution in [0.25, 0.3) is 0 Å². The maximum absolute atomic E-state index is 11.4. The fourth-order valence-corrected chi connectivity index (χ4v) is 3.93. The van der Waals surface area contributed by atoms with E-state index < -0.39 is 9.84 Å². The minimum Gasteiger partial charge on any atom is -0.448 e. The first-order chi connectivity index (χ1) is 9.00. The van der Waals surface area contributed by atoms with Gasteiger partial charge in [-0.2, -0.15) is 0 Å². The molecule has 106 valence electrons. The first kappa shape index (κ1) is 13.1. The number of rotatable bonds is 4. The fraction of sp³-hybridized carbons (Fsp3) is 0.692. The molecule has 2 aliphatic rings. The molecule has 0 aromatic carbocycles. The number of hydrogen-bond acceptors (Lipinski definition) is 5. The van der Waals surface area contributed by atoms with Crippen LogP contribution in [0.2, 0.25) is 0 Å². The molecule has 3 rings (SSSR count). The van der Waals surface area contributed by atoms with Crippen LogP contribution in [-0.4, -0.2) is 33.3 Å². The third-order valence-corrected chi connectivity index (χ3v) is 5.36. The van der Waals surface area contributed by atoms with Gasteiger partial charge < -0.3 is 15.1 Å². The lowest BCUT2D eigenvalue weighted by atomic mass is 9.90. The molecule has 19 heavy (non-hydrogen) atoms. The highest BCUT2D eigenvalue weighted by Gasteiger charge is 2.45. The van der Waals surface area contributed by atoms with E-state index in [1.165, 1.54) is 25.3 Å². The highest BCUT2D eigenvalue weighted by atomic mass is 32.2. The largest absolute Gasteiger partial charge is 0.448 e. The van der Waals surface area contributed by atoms with E-state index in [9.17, 15) is 8.42 Å². The van der Waals surface area contributed by atoms with E-state index in [4.69, 9.17) is 4.42 Å². The number of fused-ring (bicyclic) bond motifs is 1. The monoisotopic (exact) mass is 284 g/mol. The first-order valence-corrected chi connectivity index (χ1v) is 8.63. The van der Waals surface area contributed by atoms with Crippen LogP contribution < -0.4 is 10.6 Å². The lowest BCUT2D eigenvalue weighted by Crippen LogP contribution is -2.48. The lowest BCUT2D eigenvalue weighted by Gasteiger charge is -2.29. The summed E-state index contributed by atoms with van der Waals surface area (Å²) in [5, 5.41) is 7.08. The average Bonchev–Trinajstić information content (AvgIpc) is 3.00. The Kier molecular flexibility index (Phi) is 3.19. The van der Waals surface area contributed by atoms with Crippen LogP contribution in [0.15, 0.2) is 21.6 Å². The van der Waals surface area contributed by atoms with Gasteiger partial charge in [0.15, 0.2) is 0 Å². The Balaban J connectivity index is 1.68. The van der Waals surface area contributed by atoms with E-state index >= 15 is 0 Å². The topological polar surface area (TPSA) is 71.3 Å². The summed E-state index contributed by atoms with van der Waals surface area (Å²) in [6.07, 6.45) is 4.89. The smallest absolute Gasteiger partial charge is 0.217 e. The van der Waals surface area contributed by atoms with Gasteiger partial charge in [0.1, 0.15) is 5.76 Å². The molecule has 1 saturated heterocycles. The molecule has 1 saturated carbocycles. The number of nitrogens with one attached hydrogen (secondary N) is 2. The molecule has 1 aliphatic carbocycles. The van der Waals surface area contributed by atoms with Crippen LogP contribution in [-0.2, 0) is 16.4 Å². The van der Waals surface area contributed by atoms with Crippen molar-refractivity contribution in [2.75, 3.05) is 19.3 Å². The number of hydrogen-bond donors (Lipinski definition) is 2. The van der Waals surface area contributed by atoms with Crippen molar-refractivity contribution in [3.05, 3.63) is 17.9 Å². The molecule has 1 aromatic rings. The summed E-state index contributed by atoms with van der Waals surface area (Å²) in [5.74, 6) is 1.38. The molecular weight excluding hydrogens is 264 g/mol. The second-order valence-corrected chi connectivity index (χ2v) is 7.67. The molecule has 2 atom stereocenters. The Hall–Kier alpha value is -0.850. The standard InChI is InChI=1S/C13H20N2O3S/c1-19(16,17)12-5-4-11(18-12)8-15-13-6-2-3-10(13)7-14-9-13/h4-5,10,14-15H,2-3,6-9H2,1H3/t10-,13-/m0/s1. The van der Waals surface area contributed by atoms with Crippen molar-refractivity contribution in [2.45, 2.75) is 36.4 Å². The Morgan fingerprint density at radius 1 is 1.53 bits per heavy atom. The SMILES string of the molecule is CS(=O)(=O)c1ccc(CN[C@]23CCC[C@H]2CNC3)o1. The van der Waals surface area contributed by atoms with Gasteiger partial charge in [-0.25, -0.2) is 8.42 Å². The van der Waals surface area contributed by atoms with Crippen LogP contribution in [0.4, 0.5) is 0 Å². The third-order valence-electron chi connectivity index (χ3n) is 4.41. The van der Waals surface area contributed by atoms with Gasteiger partial charge in [-0.3, -0.25) is 0 Å². The van der Waals surface area contributed by atoms with Gasteiger partial charge in [-0.1, -0.05) is 6.42 Å². The maximum Gasteiger partial charge on any atom is 0.217 e. The number of sulfone groups is 1. The predicted molar refractivity (Wildman–Crippen MR) is 71.6 cm³/mol. The van der Waals surface area contributed by atoms with Crippen molar-refractivity contribution in [1.82, 2.24) is 10.6 Å². The predicted octanol–water partition coefficient (Wildman–Crippen LogP) is 0.915. The summed E-state index contributed by atoms with van der Waals surface area (Å²) < 4.78 is 28.1. The normalized spacial score (nSPS) is 30.7. The van der Waals surface area contributed by atoms with Crippen molar-refractivity contribution >= 4 is 9.84 Å². The minimum atomic E-state index is -3.25. The molecule has 2 fully saturated rings. The van der Waals surface area contributed by atoms with Gasteiger partial charge in [-0.15, -0.1) is 0 Å². The van der Waals surface area contributed by atoms with Crippen molar-refractivity contribution in [3.63, 3.8) is 0 Å². The molecule has 5 nitrogen and oxygen atoms in total. The van der Waals surface area contributed by atoms with E-state index in [1.54, 1.807) is 6.07 Å². The highest BCUT2D eigenvalue weighted by Crippen LogP contribution is 2.38. The molecular formula is C13H20N2O3S. The number of furan rings is 1. The Morgan fingerprint density at radius 2 is 2.37 bits per heavy atom. The van der Waals surface area contributed by atoms with E-state index in [2.05, 4.69) is 10.6 Å². The molecule has 6 heteroatoms. The Bertz CT molecular complexity index is 554. The zero-order valence-electron chi connectivity index (χ0n) is 11.1. The van der Waals surface area contributed by atoms with Gasteiger partial charge in [0.25, 0.3) is 0 Å². The quantitative estimate of drug-likeness (QED) is 0.860. The van der Waals surface area contributed by atoms with Crippen molar-refractivity contribution < 1.29 is 12.8 Å². The highest BCUT2D eigenvalue weighted by molar-refractivity contribution is 7.90. The summed E-state index contributed by atoms with van der Waals surface area (Å²) in [7, 11) is -3.25. The van der Waals surface area contributed by atoms with Crippen LogP contribution in [0, 0.1) is 5.92 Å². The molecule has 0 spiro atoms. The Labute approximate surface area is 113 Å². The molecule has 2 N–H and O–H groups in total. The van der Waals surface area contributed by atoms with Crippen molar-refractivity contribution in [3.8, 4) is 0 Å². The van der Waals surface area contributed by atoms with Gasteiger partial charge in [0, 0.05) is 18.3 Å². The molecule has 0 radical (unpaired) electrons. The van der Waals surface area contributed by atoms with Crippen LogP contribution >= 0.6 is 0 Å². The summed E-state index contributed by atoms with van der Waals surface area (Å²) in [6, 6.07) is 3.27. The molecule has 2 heterocycles. The van der Waals surface area contributed by atoms with E-state index in [0.717, 1.165) is 19.3 Å². The van der Waals surface area contributed by atoms with Gasteiger partial charge in [0.2, 0.25) is 14.9 Å². The second-order valence-electron chi connectivity index (χ2n) is 5.72. The molecule has 0 unspecified atom stereocenters. The van der Waals surface area contributed by atoms with E-state index in [1.807, 2.05) is 0 Å². The summed E-state index contributed by atoms with van der Waals surface area (Å²) >= 11 is 0. The van der Waals surface area contributed by atoms with Crippen LogP contribution in [0.1, 0.15) is 25.0 Å². The first-order valence-electron chi connectivity index (χ1n) is 6.74. The van der Waals surface area contributed by atoms with E-state index in [-0.39, 0.29) is 10.6 Å². The zero-order chi connectivity index (χ0) is 13.5. The van der Waals surface area contributed by atoms with E-state index in [0.29, 0.717) is 18.2 Å². The second kappa shape index (κ2) is 4.61. The summed E-state index contributed by atoms with van der Waals surface area (Å²) in [6.45, 7) is 2.67. The summed E-state index contributed by atoms with van der Waals surface area (Å²) in [4.78, 5) is 0. The minimum absolute atomic E-state index is 0.0503. The fourth-order valence-electron chi connectivity index (χ4n) is 3.35. The van der Waals surface area contributed by atoms with Crippen molar-refractivity contribution in [2.24, 2.45) is 5.92 Å². The third kappa shape index (κ3) is 2.44. The lowest BCUT2D eigenvalue weighted by molar-refractivity contribution is 0.286. The van der Waals surface area contributed by atoms with Crippen molar-refractivity contribution in [1.29, 1.82) is 0 Å². The van der Waals surface area contributed by atoms with Crippen LogP contribution in [0.3, 0.4) is 0 Å². The van der Waals surface area contributed by atoms with Gasteiger partial charge >= 0.3 is 0 Å². The molecule has 0 bridgehead atoms. The van der Waals surface area contributed by atoms with Gasteiger partial charge in [-0.05, 0) is 37.4 Å².